The highest BCUT2D eigenvalue weighted by Gasteiger charge is 2.23. The van der Waals surface area contributed by atoms with E-state index in [-0.39, 0.29) is 5.92 Å². The molecular formula is C64H45N. The Bertz CT molecular complexity index is 3630. The van der Waals surface area contributed by atoms with Gasteiger partial charge in [-0.1, -0.05) is 218 Å². The van der Waals surface area contributed by atoms with Gasteiger partial charge in [0.2, 0.25) is 0 Å². The van der Waals surface area contributed by atoms with E-state index in [1.807, 2.05) is 0 Å². The SMILES string of the molecule is C1=CC(c2cccc(-c3cccc4ccccc34)c2)CC=C1N(c1ccc(-c2cc3ccccc3c3ccccc23)cc1)c1cc(-c2ccc3ccccc3c2)ccc1-c1ccccc1. The normalized spacial score (nSPS) is 13.7. The van der Waals surface area contributed by atoms with Gasteiger partial charge in [0.05, 0.1) is 5.69 Å². The van der Waals surface area contributed by atoms with E-state index < -0.39 is 0 Å². The molecule has 0 heterocycles. The van der Waals surface area contributed by atoms with Gasteiger partial charge in [-0.25, -0.2) is 0 Å². The van der Waals surface area contributed by atoms with E-state index in [1.54, 1.807) is 0 Å². The second-order valence-electron chi connectivity index (χ2n) is 17.2. The first-order chi connectivity index (χ1) is 32.2. The molecule has 0 amide bonds. The van der Waals surface area contributed by atoms with Gasteiger partial charge in [-0.3, -0.25) is 0 Å². The summed E-state index contributed by atoms with van der Waals surface area (Å²) in [5.41, 5.74) is 14.4. The Labute approximate surface area is 380 Å². The van der Waals surface area contributed by atoms with Gasteiger partial charge >= 0.3 is 0 Å². The number of benzene rings is 11. The van der Waals surface area contributed by atoms with Crippen LogP contribution in [0.3, 0.4) is 0 Å². The summed E-state index contributed by atoms with van der Waals surface area (Å²) in [4.78, 5) is 2.48. The molecule has 11 aromatic rings. The fraction of sp³-hybridized carbons (Fsp3) is 0.0312. The molecule has 11 aromatic carbocycles. The molecule has 1 unspecified atom stereocenters. The van der Waals surface area contributed by atoms with Gasteiger partial charge in [-0.05, 0) is 130 Å². The summed E-state index contributed by atoms with van der Waals surface area (Å²) in [5, 5.41) is 10.1. The first kappa shape index (κ1) is 38.4. The number of allylic oxidation sites excluding steroid dienone is 3. The highest BCUT2D eigenvalue weighted by atomic mass is 15.1. The number of nitrogens with zero attached hydrogens (tertiary/aromatic N) is 1. The highest BCUT2D eigenvalue weighted by molar-refractivity contribution is 6.13. The smallest absolute Gasteiger partial charge is 0.0546 e. The summed E-state index contributed by atoms with van der Waals surface area (Å²) >= 11 is 0. The second kappa shape index (κ2) is 16.5. The Morgan fingerprint density at radius 1 is 0.338 bits per heavy atom. The lowest BCUT2D eigenvalue weighted by atomic mass is 9.88. The average molecular weight is 828 g/mol. The van der Waals surface area contributed by atoms with Crippen LogP contribution in [-0.4, -0.2) is 0 Å². The number of rotatable bonds is 8. The number of fused-ring (bicyclic) bond motifs is 5. The van der Waals surface area contributed by atoms with Crippen molar-refractivity contribution >= 4 is 54.5 Å². The standard InChI is InChI=1S/C64H45N/c1-2-15-47(16-3-1)60-39-34-52(51-29-28-44-14-4-5-18-49(44)40-51)43-64(60)65(56-37-32-48(33-38-56)63-42-54-19-7-9-24-59(54)61-25-10-11-26-62(61)63)55-35-30-45(31-36-55)50-21-12-22-53(41-50)58-27-13-20-46-17-6-8-23-57(46)58/h1-30,32-43,45H,31H2. The number of hydrogen-bond acceptors (Lipinski definition) is 1. The number of anilines is 2. The predicted molar refractivity (Wildman–Crippen MR) is 278 cm³/mol. The van der Waals surface area contributed by atoms with Gasteiger partial charge in [0.25, 0.3) is 0 Å². The minimum atomic E-state index is 0.247. The third-order valence-corrected chi connectivity index (χ3v) is 13.4. The van der Waals surface area contributed by atoms with Crippen molar-refractivity contribution in [2.45, 2.75) is 12.3 Å². The molecule has 0 bridgehead atoms. The predicted octanol–water partition coefficient (Wildman–Crippen LogP) is 17.7. The van der Waals surface area contributed by atoms with Crippen molar-refractivity contribution in [2.24, 2.45) is 0 Å². The molecule has 0 saturated carbocycles. The Hall–Kier alpha value is -8.26. The van der Waals surface area contributed by atoms with Crippen molar-refractivity contribution in [2.75, 3.05) is 4.90 Å². The van der Waals surface area contributed by atoms with Crippen LogP contribution in [0.4, 0.5) is 11.4 Å². The molecule has 1 nitrogen and oxygen atoms in total. The summed E-state index contributed by atoms with van der Waals surface area (Å²) in [6.45, 7) is 0. The highest BCUT2D eigenvalue weighted by Crippen LogP contribution is 2.44. The quantitative estimate of drug-likeness (QED) is 0.138. The van der Waals surface area contributed by atoms with Gasteiger partial charge < -0.3 is 4.90 Å². The van der Waals surface area contributed by atoms with Gasteiger partial charge in [-0.15, -0.1) is 0 Å². The van der Waals surface area contributed by atoms with Crippen LogP contribution in [0.1, 0.15) is 17.9 Å². The van der Waals surface area contributed by atoms with E-state index in [2.05, 4.69) is 260 Å². The Balaban J connectivity index is 0.984. The van der Waals surface area contributed by atoms with Crippen LogP contribution in [0.25, 0.3) is 87.6 Å². The summed E-state index contributed by atoms with van der Waals surface area (Å²) in [6.07, 6.45) is 8.08. The van der Waals surface area contributed by atoms with Crippen molar-refractivity contribution in [3.63, 3.8) is 0 Å². The Morgan fingerprint density at radius 3 is 1.77 bits per heavy atom. The molecular weight excluding hydrogens is 783 g/mol. The van der Waals surface area contributed by atoms with Gasteiger partial charge in [0.1, 0.15) is 0 Å². The van der Waals surface area contributed by atoms with Crippen molar-refractivity contribution in [1.82, 2.24) is 0 Å². The molecule has 1 aliphatic carbocycles. The lowest BCUT2D eigenvalue weighted by molar-refractivity contribution is 0.840. The topological polar surface area (TPSA) is 3.24 Å². The first-order valence-electron chi connectivity index (χ1n) is 22.7. The van der Waals surface area contributed by atoms with E-state index in [0.717, 1.165) is 23.5 Å². The summed E-state index contributed by atoms with van der Waals surface area (Å²) in [7, 11) is 0. The van der Waals surface area contributed by atoms with Crippen LogP contribution in [0.2, 0.25) is 0 Å². The summed E-state index contributed by atoms with van der Waals surface area (Å²) in [6, 6.07) is 86.8. The molecule has 0 fully saturated rings. The average Bonchev–Trinajstić information content (AvgIpc) is 3.39. The fourth-order valence-electron chi connectivity index (χ4n) is 10.1. The van der Waals surface area contributed by atoms with E-state index in [9.17, 15) is 0 Å². The molecule has 0 saturated heterocycles. The molecule has 0 N–H and O–H groups in total. The van der Waals surface area contributed by atoms with Crippen LogP contribution in [0.5, 0.6) is 0 Å². The molecule has 306 valence electrons. The molecule has 0 spiro atoms. The monoisotopic (exact) mass is 827 g/mol. The zero-order valence-electron chi connectivity index (χ0n) is 36.0. The molecule has 65 heavy (non-hydrogen) atoms. The second-order valence-corrected chi connectivity index (χ2v) is 17.2. The van der Waals surface area contributed by atoms with Gasteiger partial charge in [-0.2, -0.15) is 0 Å². The molecule has 0 aromatic heterocycles. The largest absolute Gasteiger partial charge is 0.310 e. The van der Waals surface area contributed by atoms with Gasteiger partial charge in [0.15, 0.2) is 0 Å². The lowest BCUT2D eigenvalue weighted by Crippen LogP contribution is -2.18. The molecule has 12 rings (SSSR count). The van der Waals surface area contributed by atoms with Gasteiger partial charge in [0, 0.05) is 22.9 Å². The van der Waals surface area contributed by atoms with E-state index in [0.29, 0.717) is 0 Å². The van der Waals surface area contributed by atoms with Crippen LogP contribution < -0.4 is 4.90 Å². The summed E-state index contributed by atoms with van der Waals surface area (Å²) in [5.74, 6) is 0.247. The first-order valence-corrected chi connectivity index (χ1v) is 22.7. The minimum Gasteiger partial charge on any atom is -0.310 e. The Morgan fingerprint density at radius 2 is 0.954 bits per heavy atom. The molecule has 0 aliphatic heterocycles. The van der Waals surface area contributed by atoms with Crippen molar-refractivity contribution in [3.8, 4) is 44.5 Å². The third-order valence-electron chi connectivity index (χ3n) is 13.4. The number of hydrogen-bond donors (Lipinski definition) is 0. The minimum absolute atomic E-state index is 0.247. The molecule has 1 atom stereocenters. The maximum atomic E-state index is 2.48. The summed E-state index contributed by atoms with van der Waals surface area (Å²) < 4.78 is 0. The maximum absolute atomic E-state index is 2.48. The lowest BCUT2D eigenvalue weighted by Gasteiger charge is -2.31. The van der Waals surface area contributed by atoms with E-state index in [4.69, 9.17) is 0 Å². The van der Waals surface area contributed by atoms with Crippen LogP contribution in [-0.2, 0) is 0 Å². The zero-order valence-corrected chi connectivity index (χ0v) is 36.0. The van der Waals surface area contributed by atoms with Crippen LogP contribution in [0.15, 0.2) is 261 Å². The van der Waals surface area contributed by atoms with Crippen LogP contribution in [0, 0.1) is 0 Å². The third kappa shape index (κ3) is 7.18. The maximum Gasteiger partial charge on any atom is 0.0546 e. The zero-order chi connectivity index (χ0) is 43.1. The van der Waals surface area contributed by atoms with Crippen molar-refractivity contribution in [3.05, 3.63) is 266 Å². The molecule has 0 radical (unpaired) electrons. The van der Waals surface area contributed by atoms with E-state index >= 15 is 0 Å². The van der Waals surface area contributed by atoms with E-state index in [1.165, 1.54) is 93.2 Å². The van der Waals surface area contributed by atoms with Crippen molar-refractivity contribution < 1.29 is 0 Å². The fourth-order valence-corrected chi connectivity index (χ4v) is 10.1. The molecule has 1 heteroatoms. The Kier molecular flexibility index (Phi) is 9.73. The van der Waals surface area contributed by atoms with Crippen LogP contribution >= 0.6 is 0 Å². The van der Waals surface area contributed by atoms with Crippen molar-refractivity contribution in [1.29, 1.82) is 0 Å². The molecule has 1 aliphatic rings.